The summed E-state index contributed by atoms with van der Waals surface area (Å²) in [5.41, 5.74) is -28.6. The molecule has 2 aliphatic carbocycles. The largest absolute Gasteiger partial charge is 0.422 e. The standard InChI is InChI=1S/C48H25F25N2/c1-17(2)30-33(49)31(47(68,69)70)34(50)37(53)40(30)75(41-38(54)35(51)32(48(71,72)73)36(52)39(41)55)23-6-8-29-27(16-23)26-15-22(5-7-28(26)42(29,3)4)74(24-11-18(43(56,57)58)9-19(12-24)44(59,60)61)25-13-20(45(62,63)64)10-21(14-25)46(65,66)67/h5-14,16,22H,1,15H2,2-4H3. The van der Waals surface area contributed by atoms with Crippen molar-refractivity contribution in [3.63, 3.8) is 0 Å². The third-order valence-corrected chi connectivity index (χ3v) is 12.2. The van der Waals surface area contributed by atoms with E-state index >= 15 is 30.7 Å². The van der Waals surface area contributed by atoms with E-state index < -0.39 is 191 Å². The molecule has 0 amide bonds. The van der Waals surface area contributed by atoms with Crippen molar-refractivity contribution in [1.29, 1.82) is 0 Å². The molecule has 0 aliphatic heterocycles. The van der Waals surface area contributed by atoms with Crippen LogP contribution in [-0.2, 0) is 42.5 Å². The molecule has 27 heteroatoms. The van der Waals surface area contributed by atoms with E-state index in [2.05, 4.69) is 6.58 Å². The number of nitrogens with zero attached hydrogens (tertiary/aromatic N) is 2. The summed E-state index contributed by atoms with van der Waals surface area (Å²) < 4.78 is 366. The first kappa shape index (κ1) is 55.9. The first-order valence-electron chi connectivity index (χ1n) is 20.6. The summed E-state index contributed by atoms with van der Waals surface area (Å²) >= 11 is 0. The molecule has 5 aromatic carbocycles. The zero-order valence-electron chi connectivity index (χ0n) is 37.2. The van der Waals surface area contributed by atoms with Gasteiger partial charge in [0, 0.05) is 28.0 Å². The van der Waals surface area contributed by atoms with E-state index in [4.69, 9.17) is 0 Å². The third-order valence-electron chi connectivity index (χ3n) is 12.2. The molecule has 0 spiro atoms. The number of alkyl halides is 18. The summed E-state index contributed by atoms with van der Waals surface area (Å²) in [5.74, 6) is -21.8. The number of anilines is 5. The molecule has 75 heavy (non-hydrogen) atoms. The Morgan fingerprint density at radius 3 is 1.25 bits per heavy atom. The summed E-state index contributed by atoms with van der Waals surface area (Å²) in [6.45, 7) is 6.45. The molecular weight excluding hydrogens is 1080 g/mol. The maximum Gasteiger partial charge on any atom is 0.422 e. The van der Waals surface area contributed by atoms with E-state index in [0.717, 1.165) is 18.2 Å². The molecule has 1 atom stereocenters. The van der Waals surface area contributed by atoms with Gasteiger partial charge in [0.15, 0.2) is 34.9 Å². The van der Waals surface area contributed by atoms with E-state index in [1.54, 1.807) is 0 Å². The van der Waals surface area contributed by atoms with Crippen molar-refractivity contribution in [3.05, 3.63) is 170 Å². The molecule has 2 aliphatic rings. The van der Waals surface area contributed by atoms with E-state index in [1.807, 2.05) is 0 Å². The lowest BCUT2D eigenvalue weighted by atomic mass is 9.79. The first-order chi connectivity index (χ1) is 34.0. The number of hydrogen-bond donors (Lipinski definition) is 0. The van der Waals surface area contributed by atoms with Gasteiger partial charge >= 0.3 is 37.1 Å². The highest BCUT2D eigenvalue weighted by Gasteiger charge is 2.49. The summed E-state index contributed by atoms with van der Waals surface area (Å²) in [7, 11) is 0. The molecule has 402 valence electrons. The topological polar surface area (TPSA) is 6.48 Å². The Morgan fingerprint density at radius 2 is 0.880 bits per heavy atom. The van der Waals surface area contributed by atoms with Crippen LogP contribution in [0.15, 0.2) is 78.9 Å². The minimum absolute atomic E-state index is 0.00171. The molecule has 0 saturated heterocycles. The second kappa shape index (κ2) is 17.9. The second-order valence-corrected chi connectivity index (χ2v) is 17.4. The highest BCUT2D eigenvalue weighted by Crippen LogP contribution is 2.56. The van der Waals surface area contributed by atoms with Gasteiger partial charge < -0.3 is 9.80 Å². The highest BCUT2D eigenvalue weighted by molar-refractivity contribution is 5.91. The lowest BCUT2D eigenvalue weighted by Gasteiger charge is -2.36. The summed E-state index contributed by atoms with van der Waals surface area (Å²) in [5, 5.41) is 0. The Balaban J connectivity index is 1.55. The third kappa shape index (κ3) is 9.74. The van der Waals surface area contributed by atoms with Crippen LogP contribution in [0.25, 0.3) is 11.1 Å². The number of fused-ring (bicyclic) bond motifs is 2. The summed E-state index contributed by atoms with van der Waals surface area (Å²) in [6.07, 6.45) is -34.1. The molecule has 2 nitrogen and oxygen atoms in total. The van der Waals surface area contributed by atoms with E-state index in [1.165, 1.54) is 13.8 Å². The molecule has 7 rings (SSSR count). The van der Waals surface area contributed by atoms with Gasteiger partial charge in [-0.05, 0) is 89.7 Å². The lowest BCUT2D eigenvalue weighted by molar-refractivity contribution is -0.144. The summed E-state index contributed by atoms with van der Waals surface area (Å²) in [6, 6.07) is -1.04. The molecule has 0 heterocycles. The highest BCUT2D eigenvalue weighted by atomic mass is 19.4. The van der Waals surface area contributed by atoms with Gasteiger partial charge in [0.05, 0.1) is 34.0 Å². The van der Waals surface area contributed by atoms with Crippen LogP contribution in [0.3, 0.4) is 0 Å². The SMILES string of the molecule is C=C(C)c1c(F)c(C(F)(F)F)c(F)c(F)c1N(c1ccc2c(c1)C1=C(C=CC(N(c3cc(C(F)(F)F)cc(C(F)(F)F)c3)c3cc(C(F)(F)F)cc(C(F)(F)F)c3)C1)C2(C)C)c1c(F)c(F)c(C(F)(F)F)c(F)c1F. The van der Waals surface area contributed by atoms with Gasteiger partial charge in [-0.3, -0.25) is 0 Å². The van der Waals surface area contributed by atoms with Gasteiger partial charge in [-0.1, -0.05) is 38.6 Å². The van der Waals surface area contributed by atoms with Gasteiger partial charge in [0.2, 0.25) is 0 Å². The van der Waals surface area contributed by atoms with Gasteiger partial charge in [0.1, 0.15) is 22.6 Å². The predicted octanol–water partition coefficient (Wildman–Crippen LogP) is 18.5. The number of benzene rings is 5. The predicted molar refractivity (Wildman–Crippen MR) is 218 cm³/mol. The second-order valence-electron chi connectivity index (χ2n) is 17.4. The van der Waals surface area contributed by atoms with Crippen LogP contribution in [0, 0.1) is 40.7 Å². The summed E-state index contributed by atoms with van der Waals surface area (Å²) in [4.78, 5) is -0.350. The fraction of sp³-hybridized carbons (Fsp3) is 0.250. The molecule has 5 aromatic rings. The van der Waals surface area contributed by atoms with E-state index in [9.17, 15) is 79.0 Å². The Kier molecular flexibility index (Phi) is 13.3. The maximum absolute atomic E-state index is 16.4. The zero-order valence-corrected chi connectivity index (χ0v) is 37.2. The molecule has 0 N–H and O–H groups in total. The maximum atomic E-state index is 16.4. The molecule has 0 fully saturated rings. The van der Waals surface area contributed by atoms with Crippen molar-refractivity contribution in [3.8, 4) is 0 Å². The van der Waals surface area contributed by atoms with E-state index in [-0.39, 0.29) is 45.9 Å². The van der Waals surface area contributed by atoms with Crippen LogP contribution >= 0.6 is 0 Å². The molecule has 0 bridgehead atoms. The van der Waals surface area contributed by atoms with Crippen molar-refractivity contribution < 1.29 is 110 Å². The number of hydrogen-bond acceptors (Lipinski definition) is 2. The van der Waals surface area contributed by atoms with Crippen LogP contribution in [0.4, 0.5) is 138 Å². The van der Waals surface area contributed by atoms with Crippen LogP contribution < -0.4 is 9.80 Å². The molecule has 0 saturated carbocycles. The fourth-order valence-electron chi connectivity index (χ4n) is 8.94. The minimum atomic E-state index is -6.27. The average Bonchev–Trinajstić information content (AvgIpc) is 3.48. The van der Waals surface area contributed by atoms with E-state index in [0.29, 0.717) is 19.1 Å². The number of allylic oxidation sites excluding steroid dienone is 3. The van der Waals surface area contributed by atoms with Gasteiger partial charge in [-0.2, -0.15) is 79.0 Å². The van der Waals surface area contributed by atoms with Crippen LogP contribution in [-0.4, -0.2) is 6.04 Å². The normalized spacial score (nSPS) is 16.1. The zero-order chi connectivity index (χ0) is 56.6. The lowest BCUT2D eigenvalue weighted by Crippen LogP contribution is -2.32. The van der Waals surface area contributed by atoms with Crippen molar-refractivity contribution >= 4 is 39.6 Å². The molecule has 1 unspecified atom stereocenters. The molecule has 0 radical (unpaired) electrons. The fourth-order valence-corrected chi connectivity index (χ4v) is 8.94. The van der Waals surface area contributed by atoms with Gasteiger partial charge in [0.25, 0.3) is 0 Å². The number of halogens is 25. The smallest absolute Gasteiger partial charge is 0.334 e. The quantitative estimate of drug-likeness (QED) is 0.118. The minimum Gasteiger partial charge on any atom is -0.334 e. The average molecular weight is 1100 g/mol. The molecule has 0 aromatic heterocycles. The van der Waals surface area contributed by atoms with Crippen molar-refractivity contribution in [2.24, 2.45) is 0 Å². The number of rotatable bonds is 7. The van der Waals surface area contributed by atoms with Crippen LogP contribution in [0.2, 0.25) is 0 Å². The van der Waals surface area contributed by atoms with Crippen molar-refractivity contribution in [2.45, 2.75) is 75.7 Å². The Labute approximate surface area is 404 Å². The molecular formula is C48H25F25N2. The Morgan fingerprint density at radius 1 is 0.493 bits per heavy atom. The van der Waals surface area contributed by atoms with Gasteiger partial charge in [-0.25, -0.2) is 30.7 Å². The van der Waals surface area contributed by atoms with Crippen LogP contribution in [0.1, 0.15) is 77.3 Å². The van der Waals surface area contributed by atoms with Crippen molar-refractivity contribution in [2.75, 3.05) is 9.80 Å². The van der Waals surface area contributed by atoms with Crippen molar-refractivity contribution in [1.82, 2.24) is 0 Å². The van der Waals surface area contributed by atoms with Crippen LogP contribution in [0.5, 0.6) is 0 Å². The Hall–Kier alpha value is -6.83. The van der Waals surface area contributed by atoms with Gasteiger partial charge in [-0.15, -0.1) is 0 Å². The Bertz CT molecular complexity index is 3080. The monoisotopic (exact) mass is 1100 g/mol. The first-order valence-corrected chi connectivity index (χ1v) is 20.6.